The number of aromatic amines is 1. The summed E-state index contributed by atoms with van der Waals surface area (Å²) in [4.78, 5) is 28.4. The van der Waals surface area contributed by atoms with Gasteiger partial charge in [0.15, 0.2) is 0 Å². The molecule has 0 radical (unpaired) electrons. The highest BCUT2D eigenvalue weighted by atomic mass is 32.1. The fourth-order valence-electron chi connectivity index (χ4n) is 2.37. The summed E-state index contributed by atoms with van der Waals surface area (Å²) in [6.45, 7) is 6.01. The Balaban J connectivity index is 1.64. The molecule has 1 aromatic heterocycles. The van der Waals surface area contributed by atoms with Gasteiger partial charge in [0.05, 0.1) is 0 Å². The lowest BCUT2D eigenvalue weighted by molar-refractivity contribution is 0.0956. The van der Waals surface area contributed by atoms with Crippen LogP contribution in [0, 0.1) is 6.92 Å². The first-order valence-corrected chi connectivity index (χ1v) is 7.69. The lowest BCUT2D eigenvalue weighted by Crippen LogP contribution is -2.26. The molecule has 0 aromatic carbocycles. The number of H-pyrrole nitrogens is 1. The lowest BCUT2D eigenvalue weighted by Gasteiger charge is -2.13. The number of nitrogens with one attached hydrogen (secondary N) is 2. The van der Waals surface area contributed by atoms with Gasteiger partial charge in [0.1, 0.15) is 4.88 Å². The molecule has 0 atom stereocenters. The topological polar surface area (TPSA) is 65.2 Å². The summed E-state index contributed by atoms with van der Waals surface area (Å²) in [5.74, 6) is -0.137. The maximum atomic E-state index is 11.8. The highest BCUT2D eigenvalue weighted by Gasteiger charge is 2.13. The Morgan fingerprint density at radius 3 is 2.74 bits per heavy atom. The largest absolute Gasteiger partial charge is 0.351 e. The molecule has 19 heavy (non-hydrogen) atoms. The van der Waals surface area contributed by atoms with Gasteiger partial charge in [-0.15, -0.1) is 0 Å². The first-order chi connectivity index (χ1) is 9.16. The number of unbranched alkanes of at least 4 members (excludes halogenated alkanes) is 1. The number of carbonyl (C=O) groups is 1. The molecule has 1 aliphatic rings. The third-order valence-corrected chi connectivity index (χ3v) is 4.40. The minimum Gasteiger partial charge on any atom is -0.351 e. The Morgan fingerprint density at radius 2 is 2.11 bits per heavy atom. The molecule has 2 heterocycles. The van der Waals surface area contributed by atoms with Crippen LogP contribution < -0.4 is 10.2 Å². The maximum Gasteiger partial charge on any atom is 0.305 e. The van der Waals surface area contributed by atoms with E-state index in [1.807, 2.05) is 0 Å². The summed E-state index contributed by atoms with van der Waals surface area (Å²) in [6, 6.07) is 0. The normalized spacial score (nSPS) is 15.8. The highest BCUT2D eigenvalue weighted by Crippen LogP contribution is 2.09. The van der Waals surface area contributed by atoms with Gasteiger partial charge in [0.25, 0.3) is 5.91 Å². The van der Waals surface area contributed by atoms with Gasteiger partial charge in [0, 0.05) is 12.2 Å². The van der Waals surface area contributed by atoms with E-state index >= 15 is 0 Å². The molecule has 1 fully saturated rings. The molecule has 2 N–H and O–H groups in total. The van der Waals surface area contributed by atoms with Crippen molar-refractivity contribution in [3.05, 3.63) is 20.2 Å². The number of amides is 1. The minimum absolute atomic E-state index is 0.137. The molecule has 5 nitrogen and oxygen atoms in total. The predicted octanol–water partition coefficient (Wildman–Crippen LogP) is 1.35. The smallest absolute Gasteiger partial charge is 0.305 e. The number of hydrogen-bond donors (Lipinski definition) is 2. The second-order valence-corrected chi connectivity index (χ2v) is 5.96. The molecule has 0 saturated carbocycles. The van der Waals surface area contributed by atoms with E-state index in [0.29, 0.717) is 17.1 Å². The average Bonchev–Trinajstić information content (AvgIpc) is 2.98. The zero-order valence-electron chi connectivity index (χ0n) is 11.3. The Kier molecular flexibility index (Phi) is 5.15. The SMILES string of the molecule is Cc1[nH]c(=O)sc1C(=O)NCCCCN1CCCC1. The van der Waals surface area contributed by atoms with Crippen molar-refractivity contribution >= 4 is 17.2 Å². The van der Waals surface area contributed by atoms with Crippen molar-refractivity contribution in [2.45, 2.75) is 32.6 Å². The summed E-state index contributed by atoms with van der Waals surface area (Å²) in [6.07, 6.45) is 4.74. The Morgan fingerprint density at radius 1 is 1.37 bits per heavy atom. The van der Waals surface area contributed by atoms with Gasteiger partial charge in [0.2, 0.25) is 0 Å². The van der Waals surface area contributed by atoms with Crippen molar-refractivity contribution in [1.82, 2.24) is 15.2 Å². The third kappa shape index (κ3) is 4.18. The summed E-state index contributed by atoms with van der Waals surface area (Å²) in [5.41, 5.74) is 0.657. The Hall–Kier alpha value is -1.14. The van der Waals surface area contributed by atoms with Crippen LogP contribution in [0.1, 0.15) is 41.0 Å². The third-order valence-electron chi connectivity index (χ3n) is 3.42. The minimum atomic E-state index is -0.170. The second-order valence-electron chi connectivity index (χ2n) is 4.98. The van der Waals surface area contributed by atoms with E-state index in [1.54, 1.807) is 6.92 Å². The number of rotatable bonds is 6. The maximum absolute atomic E-state index is 11.8. The van der Waals surface area contributed by atoms with E-state index in [0.717, 1.165) is 30.7 Å². The quantitative estimate of drug-likeness (QED) is 0.775. The van der Waals surface area contributed by atoms with E-state index < -0.39 is 0 Å². The summed E-state index contributed by atoms with van der Waals surface area (Å²) < 4.78 is 0. The number of hydrogen-bond acceptors (Lipinski definition) is 4. The molecular weight excluding hydrogens is 262 g/mol. The number of nitrogens with zero attached hydrogens (tertiary/aromatic N) is 1. The molecule has 0 bridgehead atoms. The molecule has 1 aromatic rings. The van der Waals surface area contributed by atoms with E-state index in [9.17, 15) is 9.59 Å². The van der Waals surface area contributed by atoms with E-state index in [2.05, 4.69) is 15.2 Å². The van der Waals surface area contributed by atoms with Crippen LogP contribution in [-0.4, -0.2) is 42.0 Å². The Bertz CT molecular complexity index is 474. The van der Waals surface area contributed by atoms with Crippen LogP contribution in [-0.2, 0) is 0 Å². The van der Waals surface area contributed by atoms with Crippen molar-refractivity contribution in [2.24, 2.45) is 0 Å². The number of carbonyl (C=O) groups excluding carboxylic acids is 1. The van der Waals surface area contributed by atoms with Crippen LogP contribution in [0.2, 0.25) is 0 Å². The highest BCUT2D eigenvalue weighted by molar-refractivity contribution is 7.11. The van der Waals surface area contributed by atoms with Crippen LogP contribution in [0.25, 0.3) is 0 Å². The Labute approximate surface area is 117 Å². The van der Waals surface area contributed by atoms with E-state index in [-0.39, 0.29) is 10.8 Å². The summed E-state index contributed by atoms with van der Waals surface area (Å²) in [7, 11) is 0. The predicted molar refractivity (Wildman–Crippen MR) is 76.9 cm³/mol. The molecule has 0 aliphatic carbocycles. The zero-order valence-corrected chi connectivity index (χ0v) is 12.1. The van der Waals surface area contributed by atoms with Crippen LogP contribution in [0.5, 0.6) is 0 Å². The molecule has 0 unspecified atom stereocenters. The molecule has 1 saturated heterocycles. The molecule has 1 aliphatic heterocycles. The number of thiazole rings is 1. The van der Waals surface area contributed by atoms with Crippen molar-refractivity contribution in [1.29, 1.82) is 0 Å². The van der Waals surface area contributed by atoms with Gasteiger partial charge in [-0.05, 0) is 52.2 Å². The zero-order chi connectivity index (χ0) is 13.7. The summed E-state index contributed by atoms with van der Waals surface area (Å²) >= 11 is 0.975. The van der Waals surface area contributed by atoms with Crippen LogP contribution in [0.4, 0.5) is 0 Å². The lowest BCUT2D eigenvalue weighted by atomic mass is 10.3. The number of likely N-dealkylation sites (tertiary alicyclic amines) is 1. The second kappa shape index (κ2) is 6.86. The molecular formula is C13H21N3O2S. The first kappa shape index (κ1) is 14.3. The van der Waals surface area contributed by atoms with Crippen molar-refractivity contribution in [3.63, 3.8) is 0 Å². The van der Waals surface area contributed by atoms with Crippen molar-refractivity contribution in [3.8, 4) is 0 Å². The fraction of sp³-hybridized carbons (Fsp3) is 0.692. The molecule has 1 amide bonds. The molecule has 6 heteroatoms. The summed E-state index contributed by atoms with van der Waals surface area (Å²) in [5, 5.41) is 2.87. The monoisotopic (exact) mass is 283 g/mol. The standard InChI is InChI=1S/C13H21N3O2S/c1-10-11(19-13(18)15-10)12(17)14-6-2-3-7-16-8-4-5-9-16/h2-9H2,1H3,(H,14,17)(H,15,18). The fourth-order valence-corrected chi connectivity index (χ4v) is 3.13. The van der Waals surface area contributed by atoms with Crippen molar-refractivity contribution in [2.75, 3.05) is 26.2 Å². The van der Waals surface area contributed by atoms with Gasteiger partial charge in [-0.25, -0.2) is 0 Å². The first-order valence-electron chi connectivity index (χ1n) is 6.87. The van der Waals surface area contributed by atoms with Crippen LogP contribution >= 0.6 is 11.3 Å². The van der Waals surface area contributed by atoms with Crippen molar-refractivity contribution < 1.29 is 4.79 Å². The van der Waals surface area contributed by atoms with Gasteiger partial charge in [-0.1, -0.05) is 11.3 Å². The van der Waals surface area contributed by atoms with E-state index in [1.165, 1.54) is 25.9 Å². The van der Waals surface area contributed by atoms with Crippen LogP contribution in [0.3, 0.4) is 0 Å². The van der Waals surface area contributed by atoms with E-state index in [4.69, 9.17) is 0 Å². The average molecular weight is 283 g/mol. The molecule has 106 valence electrons. The molecule has 0 spiro atoms. The number of aromatic nitrogens is 1. The van der Waals surface area contributed by atoms with Crippen LogP contribution in [0.15, 0.2) is 4.79 Å². The van der Waals surface area contributed by atoms with Gasteiger partial charge >= 0.3 is 4.87 Å². The van der Waals surface area contributed by atoms with Gasteiger partial charge in [-0.3, -0.25) is 9.59 Å². The number of aryl methyl sites for hydroxylation is 1. The van der Waals surface area contributed by atoms with Gasteiger partial charge in [-0.2, -0.15) is 0 Å². The van der Waals surface area contributed by atoms with Gasteiger partial charge < -0.3 is 15.2 Å². The molecule has 2 rings (SSSR count).